The Bertz CT molecular complexity index is 1120. The van der Waals surface area contributed by atoms with Crippen LogP contribution in [-0.4, -0.2) is 38.7 Å². The number of carbonyl (C=O) groups is 1. The van der Waals surface area contributed by atoms with Crippen molar-refractivity contribution >= 4 is 39.2 Å². The van der Waals surface area contributed by atoms with Crippen molar-refractivity contribution in [3.05, 3.63) is 45.3 Å². The van der Waals surface area contributed by atoms with Crippen molar-refractivity contribution in [1.29, 1.82) is 0 Å². The molecule has 30 heavy (non-hydrogen) atoms. The van der Waals surface area contributed by atoms with E-state index in [1.54, 1.807) is 21.6 Å². The minimum Gasteiger partial charge on any atom is -0.342 e. The zero-order valence-corrected chi connectivity index (χ0v) is 19.5. The maximum atomic E-state index is 13.4. The largest absolute Gasteiger partial charge is 0.342 e. The number of amides is 1. The predicted molar refractivity (Wildman–Crippen MR) is 123 cm³/mol. The van der Waals surface area contributed by atoms with Gasteiger partial charge in [-0.1, -0.05) is 23.9 Å². The van der Waals surface area contributed by atoms with Crippen LogP contribution in [0.5, 0.6) is 0 Å². The van der Waals surface area contributed by atoms with Gasteiger partial charge in [-0.05, 0) is 52.3 Å². The van der Waals surface area contributed by atoms with Gasteiger partial charge in [-0.2, -0.15) is 0 Å². The van der Waals surface area contributed by atoms with E-state index in [9.17, 15) is 14.0 Å². The molecule has 1 atom stereocenters. The maximum Gasteiger partial charge on any atom is 0.263 e. The number of aromatic nitrogens is 2. The van der Waals surface area contributed by atoms with Gasteiger partial charge in [0.1, 0.15) is 10.6 Å². The minimum absolute atomic E-state index is 0.0383. The zero-order chi connectivity index (χ0) is 22.0. The van der Waals surface area contributed by atoms with Gasteiger partial charge in [0.2, 0.25) is 5.91 Å². The van der Waals surface area contributed by atoms with Crippen LogP contribution in [0.25, 0.3) is 21.3 Å². The van der Waals surface area contributed by atoms with Gasteiger partial charge in [-0.15, -0.1) is 11.3 Å². The summed E-state index contributed by atoms with van der Waals surface area (Å²) in [6.07, 6.45) is 0. The van der Waals surface area contributed by atoms with Gasteiger partial charge in [0.05, 0.1) is 10.6 Å². The summed E-state index contributed by atoms with van der Waals surface area (Å²) in [7, 11) is 0. The van der Waals surface area contributed by atoms with Crippen LogP contribution in [0, 0.1) is 12.7 Å². The third-order valence-electron chi connectivity index (χ3n) is 5.11. The summed E-state index contributed by atoms with van der Waals surface area (Å²) in [6, 6.07) is 6.17. The fourth-order valence-electron chi connectivity index (χ4n) is 3.51. The Labute approximate surface area is 183 Å². The molecule has 0 aliphatic carbocycles. The van der Waals surface area contributed by atoms with Crippen LogP contribution >= 0.6 is 23.1 Å². The van der Waals surface area contributed by atoms with Gasteiger partial charge in [0, 0.05) is 30.1 Å². The molecule has 0 fully saturated rings. The number of fused-ring (bicyclic) bond motifs is 1. The Balaban J connectivity index is 2.10. The highest BCUT2D eigenvalue weighted by Gasteiger charge is 2.24. The van der Waals surface area contributed by atoms with E-state index in [1.165, 1.54) is 35.2 Å². The van der Waals surface area contributed by atoms with Crippen LogP contribution in [0.1, 0.15) is 32.6 Å². The van der Waals surface area contributed by atoms with E-state index >= 15 is 0 Å². The second-order valence-corrected chi connectivity index (χ2v) is 9.45. The highest BCUT2D eigenvalue weighted by Crippen LogP contribution is 2.37. The Kier molecular flexibility index (Phi) is 6.98. The van der Waals surface area contributed by atoms with E-state index in [1.807, 2.05) is 34.6 Å². The molecule has 2 aromatic heterocycles. The fraction of sp³-hybridized carbons (Fsp3) is 0.409. The summed E-state index contributed by atoms with van der Waals surface area (Å²) >= 11 is 2.77. The van der Waals surface area contributed by atoms with Gasteiger partial charge in [0.15, 0.2) is 5.16 Å². The second-order valence-electron chi connectivity index (χ2n) is 6.93. The lowest BCUT2D eigenvalue weighted by Crippen LogP contribution is -2.36. The molecule has 1 amide bonds. The molecule has 0 bridgehead atoms. The van der Waals surface area contributed by atoms with E-state index in [0.29, 0.717) is 35.0 Å². The lowest BCUT2D eigenvalue weighted by Gasteiger charge is -2.22. The number of thiophene rings is 1. The minimum atomic E-state index is -0.343. The topological polar surface area (TPSA) is 55.2 Å². The highest BCUT2D eigenvalue weighted by molar-refractivity contribution is 8.00. The Morgan fingerprint density at radius 3 is 2.43 bits per heavy atom. The fourth-order valence-corrected chi connectivity index (χ4v) is 5.65. The number of rotatable bonds is 7. The molecular weight excluding hydrogens is 421 g/mol. The molecule has 0 aliphatic heterocycles. The molecule has 0 unspecified atom stereocenters. The Hall–Kier alpha value is -2.19. The first-order chi connectivity index (χ1) is 14.3. The van der Waals surface area contributed by atoms with E-state index in [0.717, 1.165) is 16.0 Å². The lowest BCUT2D eigenvalue weighted by atomic mass is 10.0. The molecule has 3 rings (SSSR count). The zero-order valence-electron chi connectivity index (χ0n) is 17.9. The number of carbonyl (C=O) groups excluding carboxylic acids is 1. The van der Waals surface area contributed by atoms with Crippen molar-refractivity contribution < 1.29 is 9.18 Å². The first-order valence-corrected chi connectivity index (χ1v) is 11.8. The standard InChI is InChI=1S/C22H26FN3O2S2/c1-6-25(7-2)20(27)14(5)30-22-24-19-18(21(28)26(22)8-3)17(13(4)29-19)15-9-11-16(23)12-10-15/h9-12,14H,6-8H2,1-5H3/t14-/m1/s1. The van der Waals surface area contributed by atoms with E-state index in [2.05, 4.69) is 0 Å². The molecule has 8 heteroatoms. The Morgan fingerprint density at radius 1 is 1.23 bits per heavy atom. The molecule has 0 saturated heterocycles. The Morgan fingerprint density at radius 2 is 1.87 bits per heavy atom. The molecular formula is C22H26FN3O2S2. The first kappa shape index (κ1) is 22.5. The molecule has 0 N–H and O–H groups in total. The van der Waals surface area contributed by atoms with Crippen LogP contribution in [0.3, 0.4) is 0 Å². The van der Waals surface area contributed by atoms with Gasteiger partial charge >= 0.3 is 0 Å². The number of aryl methyl sites for hydroxylation is 1. The van der Waals surface area contributed by atoms with Crippen molar-refractivity contribution in [2.75, 3.05) is 13.1 Å². The average molecular weight is 448 g/mol. The third-order valence-corrected chi connectivity index (χ3v) is 7.18. The monoisotopic (exact) mass is 447 g/mol. The molecule has 1 aromatic carbocycles. The average Bonchev–Trinajstić information content (AvgIpc) is 3.05. The molecule has 0 spiro atoms. The maximum absolute atomic E-state index is 13.4. The number of nitrogens with zero attached hydrogens (tertiary/aromatic N) is 3. The lowest BCUT2D eigenvalue weighted by molar-refractivity contribution is -0.129. The normalized spacial score (nSPS) is 12.3. The van der Waals surface area contributed by atoms with Gasteiger partial charge < -0.3 is 4.90 Å². The molecule has 0 saturated carbocycles. The third kappa shape index (κ3) is 4.16. The van der Waals surface area contributed by atoms with Crippen LogP contribution in [0.15, 0.2) is 34.2 Å². The van der Waals surface area contributed by atoms with Crippen LogP contribution in [0.4, 0.5) is 4.39 Å². The van der Waals surface area contributed by atoms with Crippen molar-refractivity contribution in [2.24, 2.45) is 0 Å². The van der Waals surface area contributed by atoms with Crippen LogP contribution < -0.4 is 5.56 Å². The number of hydrogen-bond donors (Lipinski definition) is 0. The van der Waals surface area contributed by atoms with E-state index in [-0.39, 0.29) is 22.5 Å². The number of halogens is 1. The number of hydrogen-bond acceptors (Lipinski definition) is 5. The van der Waals surface area contributed by atoms with E-state index in [4.69, 9.17) is 4.98 Å². The van der Waals surface area contributed by atoms with Crippen molar-refractivity contribution in [1.82, 2.24) is 14.5 Å². The van der Waals surface area contributed by atoms with Gasteiger partial charge in [-0.25, -0.2) is 9.37 Å². The summed E-state index contributed by atoms with van der Waals surface area (Å²) in [4.78, 5) is 34.2. The molecule has 0 aliphatic rings. The summed E-state index contributed by atoms with van der Waals surface area (Å²) in [5.74, 6) is -0.276. The molecule has 160 valence electrons. The van der Waals surface area contributed by atoms with Gasteiger partial charge in [-0.3, -0.25) is 14.2 Å². The second kappa shape index (κ2) is 9.31. The summed E-state index contributed by atoms with van der Waals surface area (Å²) in [5.41, 5.74) is 1.47. The van der Waals surface area contributed by atoms with Crippen molar-refractivity contribution in [2.45, 2.75) is 51.6 Å². The van der Waals surface area contributed by atoms with E-state index < -0.39 is 0 Å². The quantitative estimate of drug-likeness (QED) is 0.380. The molecule has 3 aromatic rings. The molecule has 2 heterocycles. The van der Waals surface area contributed by atoms with Crippen LogP contribution in [-0.2, 0) is 11.3 Å². The highest BCUT2D eigenvalue weighted by atomic mass is 32.2. The predicted octanol–water partition coefficient (Wildman–Crippen LogP) is 4.94. The summed E-state index contributed by atoms with van der Waals surface area (Å²) < 4.78 is 15.0. The van der Waals surface area contributed by atoms with Crippen molar-refractivity contribution in [3.63, 3.8) is 0 Å². The molecule has 0 radical (unpaired) electrons. The SMILES string of the molecule is CCN(CC)C(=O)[C@@H](C)Sc1nc2sc(C)c(-c3ccc(F)cc3)c2c(=O)n1CC. The summed E-state index contributed by atoms with van der Waals surface area (Å²) in [6.45, 7) is 11.4. The van der Waals surface area contributed by atoms with Crippen molar-refractivity contribution in [3.8, 4) is 11.1 Å². The smallest absolute Gasteiger partial charge is 0.263 e. The first-order valence-electron chi connectivity index (χ1n) is 10.1. The van der Waals surface area contributed by atoms with Crippen LogP contribution in [0.2, 0.25) is 0 Å². The summed E-state index contributed by atoms with van der Waals surface area (Å²) in [5, 5.41) is 0.762. The molecule has 5 nitrogen and oxygen atoms in total. The number of thioether (sulfide) groups is 1. The van der Waals surface area contributed by atoms with Gasteiger partial charge in [0.25, 0.3) is 5.56 Å². The number of benzene rings is 1.